The maximum Gasteiger partial charge on any atom is 0.252 e. The Labute approximate surface area is 134 Å². The first-order valence-corrected chi connectivity index (χ1v) is 8.77. The summed E-state index contributed by atoms with van der Waals surface area (Å²) < 4.78 is 0. The number of thioether (sulfide) groups is 1. The molecular weight excluding hydrogens is 300 g/mol. The van der Waals surface area contributed by atoms with Crippen molar-refractivity contribution in [1.29, 1.82) is 0 Å². The predicted octanol–water partition coefficient (Wildman–Crippen LogP) is 3.38. The molecule has 0 aliphatic carbocycles. The number of thiophene rings is 1. The van der Waals surface area contributed by atoms with Crippen molar-refractivity contribution < 1.29 is 4.79 Å². The quantitative estimate of drug-likeness (QED) is 0.769. The van der Waals surface area contributed by atoms with E-state index in [1.54, 1.807) is 23.1 Å². The van der Waals surface area contributed by atoms with Crippen LogP contribution in [0.25, 0.3) is 0 Å². The Morgan fingerprint density at radius 3 is 2.81 bits per heavy atom. The molecule has 0 spiro atoms. The molecule has 0 saturated carbocycles. The van der Waals surface area contributed by atoms with Crippen molar-refractivity contribution >= 4 is 29.0 Å². The number of hydrogen-bond donors (Lipinski definition) is 2. The van der Waals surface area contributed by atoms with Crippen LogP contribution in [0.2, 0.25) is 0 Å². The zero-order valence-corrected chi connectivity index (χ0v) is 13.9. The molecule has 0 aliphatic rings. The highest BCUT2D eigenvalue weighted by Gasteiger charge is 2.12. The second-order valence-electron chi connectivity index (χ2n) is 4.76. The van der Waals surface area contributed by atoms with Crippen LogP contribution in [-0.2, 0) is 5.75 Å². The van der Waals surface area contributed by atoms with E-state index in [-0.39, 0.29) is 11.9 Å². The van der Waals surface area contributed by atoms with Crippen molar-refractivity contribution in [2.45, 2.75) is 23.6 Å². The zero-order chi connectivity index (χ0) is 15.1. The van der Waals surface area contributed by atoms with Gasteiger partial charge in [0.1, 0.15) is 0 Å². The maximum atomic E-state index is 12.3. The van der Waals surface area contributed by atoms with Crippen LogP contribution in [0.3, 0.4) is 0 Å². The number of benzene rings is 1. The van der Waals surface area contributed by atoms with Crippen LogP contribution in [0.4, 0.5) is 0 Å². The number of carbonyl (C=O) groups is 1. The summed E-state index contributed by atoms with van der Waals surface area (Å²) in [7, 11) is 1.89. The fourth-order valence-corrected chi connectivity index (χ4v) is 3.59. The molecule has 0 bridgehead atoms. The van der Waals surface area contributed by atoms with Gasteiger partial charge in [-0.3, -0.25) is 4.79 Å². The second-order valence-corrected chi connectivity index (χ2v) is 6.81. The molecule has 1 unspecified atom stereocenters. The minimum atomic E-state index is -0.00798. The Kier molecular flexibility index (Phi) is 6.29. The van der Waals surface area contributed by atoms with E-state index in [4.69, 9.17) is 0 Å². The topological polar surface area (TPSA) is 41.1 Å². The molecule has 1 heterocycles. The largest absolute Gasteiger partial charge is 0.350 e. The van der Waals surface area contributed by atoms with E-state index in [9.17, 15) is 4.79 Å². The zero-order valence-electron chi connectivity index (χ0n) is 12.3. The van der Waals surface area contributed by atoms with Gasteiger partial charge in [-0.25, -0.2) is 0 Å². The van der Waals surface area contributed by atoms with Crippen molar-refractivity contribution in [3.63, 3.8) is 0 Å². The lowest BCUT2D eigenvalue weighted by atomic mass is 10.2. The molecular formula is C16H20N2OS2. The molecule has 2 N–H and O–H groups in total. The third kappa shape index (κ3) is 4.88. The number of rotatable bonds is 7. The summed E-state index contributed by atoms with van der Waals surface area (Å²) in [6.45, 7) is 2.66. The van der Waals surface area contributed by atoms with Gasteiger partial charge in [0.25, 0.3) is 5.91 Å². The van der Waals surface area contributed by atoms with E-state index in [2.05, 4.69) is 28.1 Å². The van der Waals surface area contributed by atoms with Crippen LogP contribution in [-0.4, -0.2) is 25.5 Å². The van der Waals surface area contributed by atoms with Crippen LogP contribution in [0.15, 0.2) is 46.7 Å². The van der Waals surface area contributed by atoms with Crippen LogP contribution < -0.4 is 10.6 Å². The molecule has 1 aromatic heterocycles. The van der Waals surface area contributed by atoms with Gasteiger partial charge >= 0.3 is 0 Å². The maximum absolute atomic E-state index is 12.3. The van der Waals surface area contributed by atoms with Crippen LogP contribution in [0.5, 0.6) is 0 Å². The highest BCUT2D eigenvalue weighted by atomic mass is 32.2. The Hall–Kier alpha value is -1.30. The third-order valence-electron chi connectivity index (χ3n) is 3.14. The van der Waals surface area contributed by atoms with Crippen molar-refractivity contribution in [2.75, 3.05) is 13.6 Å². The molecule has 0 aliphatic heterocycles. The molecule has 0 fully saturated rings. The van der Waals surface area contributed by atoms with E-state index in [0.717, 1.165) is 16.2 Å². The molecule has 1 atom stereocenters. The lowest BCUT2D eigenvalue weighted by Gasteiger charge is -2.13. The molecule has 1 aromatic carbocycles. The first kappa shape index (κ1) is 16.1. The minimum absolute atomic E-state index is 0.00798. The Bertz CT molecular complexity index is 569. The molecule has 3 nitrogen and oxygen atoms in total. The van der Waals surface area contributed by atoms with Crippen molar-refractivity contribution in [2.24, 2.45) is 0 Å². The molecule has 5 heteroatoms. The second kappa shape index (κ2) is 8.22. The molecule has 1 amide bonds. The molecule has 0 saturated heterocycles. The lowest BCUT2D eigenvalue weighted by Crippen LogP contribution is -2.37. The normalized spacial score (nSPS) is 12.1. The van der Waals surface area contributed by atoms with E-state index >= 15 is 0 Å². The fraction of sp³-hybridized carbons (Fsp3) is 0.312. The summed E-state index contributed by atoms with van der Waals surface area (Å²) in [5.74, 6) is 0.890. The summed E-state index contributed by atoms with van der Waals surface area (Å²) in [6, 6.07) is 12.2. The smallest absolute Gasteiger partial charge is 0.252 e. The highest BCUT2D eigenvalue weighted by Crippen LogP contribution is 2.27. The lowest BCUT2D eigenvalue weighted by molar-refractivity contribution is 0.0947. The van der Waals surface area contributed by atoms with E-state index < -0.39 is 0 Å². The van der Waals surface area contributed by atoms with Gasteiger partial charge in [0.05, 0.1) is 5.56 Å². The average molecular weight is 320 g/mol. The third-order valence-corrected chi connectivity index (χ3v) is 5.32. The fourth-order valence-electron chi connectivity index (χ4n) is 1.77. The monoisotopic (exact) mass is 320 g/mol. The van der Waals surface area contributed by atoms with Crippen molar-refractivity contribution in [1.82, 2.24) is 10.6 Å². The number of amides is 1. The minimum Gasteiger partial charge on any atom is -0.350 e. The van der Waals surface area contributed by atoms with Gasteiger partial charge in [-0.15, -0.1) is 23.1 Å². The number of carbonyl (C=O) groups excluding carboxylic acids is 1. The molecule has 2 rings (SSSR count). The van der Waals surface area contributed by atoms with Gasteiger partial charge in [-0.1, -0.05) is 18.2 Å². The van der Waals surface area contributed by atoms with Crippen LogP contribution in [0.1, 0.15) is 22.2 Å². The van der Waals surface area contributed by atoms with Crippen molar-refractivity contribution in [3.05, 3.63) is 52.2 Å². The van der Waals surface area contributed by atoms with Gasteiger partial charge in [0.2, 0.25) is 0 Å². The van der Waals surface area contributed by atoms with Gasteiger partial charge in [0, 0.05) is 28.1 Å². The standard InChI is InChI=1S/C16H20N2OS2/c1-12(17-2)10-18-16(19)14-7-3-4-8-15(14)21-11-13-6-5-9-20-13/h3-9,12,17H,10-11H2,1-2H3,(H,18,19). The van der Waals surface area contributed by atoms with Crippen LogP contribution in [0, 0.1) is 0 Å². The molecule has 112 valence electrons. The number of nitrogens with one attached hydrogen (secondary N) is 2. The number of hydrogen-bond acceptors (Lipinski definition) is 4. The summed E-state index contributed by atoms with van der Waals surface area (Å²) in [5.41, 5.74) is 0.752. The van der Waals surface area contributed by atoms with E-state index in [0.29, 0.717) is 6.54 Å². The number of likely N-dealkylation sites (N-methyl/N-ethyl adjacent to an activating group) is 1. The molecule has 0 radical (unpaired) electrons. The molecule has 21 heavy (non-hydrogen) atoms. The van der Waals surface area contributed by atoms with Crippen LogP contribution >= 0.6 is 23.1 Å². The van der Waals surface area contributed by atoms with Gasteiger partial charge in [-0.05, 0) is 37.6 Å². The van der Waals surface area contributed by atoms with Gasteiger partial charge in [0.15, 0.2) is 0 Å². The summed E-state index contributed by atoms with van der Waals surface area (Å²) in [6.07, 6.45) is 0. The first-order valence-electron chi connectivity index (χ1n) is 6.90. The Balaban J connectivity index is 2.00. The molecule has 2 aromatic rings. The highest BCUT2D eigenvalue weighted by molar-refractivity contribution is 7.98. The summed E-state index contributed by atoms with van der Waals surface area (Å²) >= 11 is 3.45. The SMILES string of the molecule is CNC(C)CNC(=O)c1ccccc1SCc1cccs1. The Morgan fingerprint density at radius 1 is 1.29 bits per heavy atom. The van der Waals surface area contributed by atoms with Crippen molar-refractivity contribution in [3.8, 4) is 0 Å². The van der Waals surface area contributed by atoms with Gasteiger partial charge in [-0.2, -0.15) is 0 Å². The summed E-state index contributed by atoms with van der Waals surface area (Å²) in [5, 5.41) is 8.16. The average Bonchev–Trinajstić information content (AvgIpc) is 3.04. The van der Waals surface area contributed by atoms with E-state index in [1.807, 2.05) is 38.2 Å². The first-order chi connectivity index (χ1) is 10.2. The van der Waals surface area contributed by atoms with Gasteiger partial charge < -0.3 is 10.6 Å². The summed E-state index contributed by atoms with van der Waals surface area (Å²) in [4.78, 5) is 14.6. The Morgan fingerprint density at radius 2 is 2.10 bits per heavy atom. The van der Waals surface area contributed by atoms with E-state index in [1.165, 1.54) is 4.88 Å². The predicted molar refractivity (Wildman–Crippen MR) is 91.2 cm³/mol.